The number of esters is 1. The summed E-state index contributed by atoms with van der Waals surface area (Å²) in [5.74, 6) is -0.516. The Balaban J connectivity index is 1.78. The fourth-order valence-electron chi connectivity index (χ4n) is 2.30. The minimum absolute atomic E-state index is 0.158. The Kier molecular flexibility index (Phi) is 6.25. The van der Waals surface area contributed by atoms with Crippen LogP contribution in [-0.2, 0) is 16.6 Å². The van der Waals surface area contributed by atoms with Crippen molar-refractivity contribution in [2.24, 2.45) is 7.05 Å². The molecule has 1 aromatic carbocycles. The van der Waals surface area contributed by atoms with Gasteiger partial charge in [0, 0.05) is 11.9 Å². The molecule has 2 heterocycles. The summed E-state index contributed by atoms with van der Waals surface area (Å²) in [6, 6.07) is 11.5. The molecule has 140 valence electrons. The zero-order valence-corrected chi connectivity index (χ0v) is 16.5. The molecule has 0 saturated carbocycles. The van der Waals surface area contributed by atoms with Crippen LogP contribution < -0.4 is 5.32 Å². The highest BCUT2D eigenvalue weighted by Gasteiger charge is 2.20. The molecule has 0 saturated heterocycles. The van der Waals surface area contributed by atoms with Gasteiger partial charge in [0.1, 0.15) is 11.2 Å². The first-order chi connectivity index (χ1) is 13.1. The number of ether oxygens (including phenoxy) is 1. The molecular weight excluding hydrogens is 384 g/mol. The van der Waals surface area contributed by atoms with E-state index < -0.39 is 5.97 Å². The summed E-state index contributed by atoms with van der Waals surface area (Å²) in [5, 5.41) is 11.2. The van der Waals surface area contributed by atoms with Crippen molar-refractivity contribution in [1.29, 1.82) is 0 Å². The maximum atomic E-state index is 12.4. The normalized spacial score (nSPS) is 10.6. The highest BCUT2D eigenvalue weighted by molar-refractivity contribution is 7.99. The molecule has 0 spiro atoms. The van der Waals surface area contributed by atoms with Gasteiger partial charge in [-0.25, -0.2) is 4.79 Å². The lowest BCUT2D eigenvalue weighted by Gasteiger charge is -2.06. The lowest BCUT2D eigenvalue weighted by atomic mass is 10.2. The summed E-state index contributed by atoms with van der Waals surface area (Å²) < 4.78 is 6.86. The maximum Gasteiger partial charge on any atom is 0.350 e. The second kappa shape index (κ2) is 8.83. The molecule has 9 heteroatoms. The van der Waals surface area contributed by atoms with Crippen molar-refractivity contribution in [3.8, 4) is 10.4 Å². The Morgan fingerprint density at radius 2 is 2.07 bits per heavy atom. The first kappa shape index (κ1) is 19.1. The van der Waals surface area contributed by atoms with Crippen molar-refractivity contribution in [3.05, 3.63) is 47.6 Å². The SMILES string of the molecule is CCOC(=O)c1sc(-c2ccccc2)cc1NC(=O)CSc1nncn1C. The molecule has 3 rings (SSSR count). The van der Waals surface area contributed by atoms with Gasteiger partial charge in [-0.2, -0.15) is 0 Å². The smallest absolute Gasteiger partial charge is 0.350 e. The topological polar surface area (TPSA) is 86.1 Å². The Labute approximate surface area is 164 Å². The second-order valence-electron chi connectivity index (χ2n) is 5.50. The molecule has 0 aliphatic rings. The number of amides is 1. The lowest BCUT2D eigenvalue weighted by Crippen LogP contribution is -2.16. The molecule has 1 amide bonds. The van der Waals surface area contributed by atoms with Crippen molar-refractivity contribution < 1.29 is 14.3 Å². The van der Waals surface area contributed by atoms with Crippen molar-refractivity contribution in [1.82, 2.24) is 14.8 Å². The van der Waals surface area contributed by atoms with Crippen LogP contribution >= 0.6 is 23.1 Å². The molecule has 0 fully saturated rings. The number of anilines is 1. The second-order valence-corrected chi connectivity index (χ2v) is 7.50. The molecule has 1 N–H and O–H groups in total. The minimum atomic E-state index is -0.444. The monoisotopic (exact) mass is 402 g/mol. The minimum Gasteiger partial charge on any atom is -0.462 e. The van der Waals surface area contributed by atoms with Crippen LogP contribution in [0.3, 0.4) is 0 Å². The molecule has 0 radical (unpaired) electrons. The summed E-state index contributed by atoms with van der Waals surface area (Å²) in [5.41, 5.74) is 1.43. The van der Waals surface area contributed by atoms with Crippen LogP contribution in [0.5, 0.6) is 0 Å². The number of hydrogen-bond donors (Lipinski definition) is 1. The molecule has 3 aromatic rings. The Hall–Kier alpha value is -2.65. The van der Waals surface area contributed by atoms with E-state index in [0.29, 0.717) is 15.7 Å². The van der Waals surface area contributed by atoms with Gasteiger partial charge < -0.3 is 14.6 Å². The standard InChI is InChI=1S/C18H18N4O3S2/c1-3-25-17(24)16-13(9-14(27-16)12-7-5-4-6-8-12)20-15(23)10-26-18-21-19-11-22(18)2/h4-9,11H,3,10H2,1-2H3,(H,20,23). The number of carbonyl (C=O) groups excluding carboxylic acids is 2. The van der Waals surface area contributed by atoms with Crippen molar-refractivity contribution in [3.63, 3.8) is 0 Å². The third-order valence-corrected chi connectivity index (χ3v) is 5.73. The third-order valence-electron chi connectivity index (χ3n) is 3.53. The highest BCUT2D eigenvalue weighted by Crippen LogP contribution is 2.35. The molecule has 0 aliphatic heterocycles. The summed E-state index contributed by atoms with van der Waals surface area (Å²) in [6.07, 6.45) is 1.57. The first-order valence-corrected chi connectivity index (χ1v) is 10.0. The van der Waals surface area contributed by atoms with Crippen LogP contribution in [0.4, 0.5) is 5.69 Å². The van der Waals surface area contributed by atoms with E-state index in [1.165, 1.54) is 23.1 Å². The van der Waals surface area contributed by atoms with E-state index in [1.54, 1.807) is 23.9 Å². The van der Waals surface area contributed by atoms with Crippen molar-refractivity contribution >= 4 is 40.7 Å². The van der Waals surface area contributed by atoms with Gasteiger partial charge in [0.05, 0.1) is 18.0 Å². The fourth-order valence-corrected chi connectivity index (χ4v) is 4.00. The number of nitrogens with zero attached hydrogens (tertiary/aromatic N) is 3. The van der Waals surface area contributed by atoms with Crippen LogP contribution in [0, 0.1) is 0 Å². The van der Waals surface area contributed by atoms with E-state index in [0.717, 1.165) is 10.4 Å². The van der Waals surface area contributed by atoms with E-state index in [4.69, 9.17) is 4.74 Å². The number of aryl methyl sites for hydroxylation is 1. The molecule has 0 atom stereocenters. The molecule has 0 bridgehead atoms. The van der Waals surface area contributed by atoms with Gasteiger partial charge in [-0.05, 0) is 18.6 Å². The Morgan fingerprint density at radius 3 is 2.74 bits per heavy atom. The largest absolute Gasteiger partial charge is 0.462 e. The fraction of sp³-hybridized carbons (Fsp3) is 0.222. The number of aromatic nitrogens is 3. The van der Waals surface area contributed by atoms with Crippen molar-refractivity contribution in [2.45, 2.75) is 12.1 Å². The van der Waals surface area contributed by atoms with Gasteiger partial charge in [-0.1, -0.05) is 42.1 Å². The first-order valence-electron chi connectivity index (χ1n) is 8.21. The number of benzene rings is 1. The third kappa shape index (κ3) is 4.75. The predicted molar refractivity (Wildman–Crippen MR) is 106 cm³/mol. The average molecular weight is 403 g/mol. The van der Waals surface area contributed by atoms with Gasteiger partial charge in [-0.15, -0.1) is 21.5 Å². The summed E-state index contributed by atoms with van der Waals surface area (Å²) in [4.78, 5) is 25.9. The van der Waals surface area contributed by atoms with E-state index in [9.17, 15) is 9.59 Å². The van der Waals surface area contributed by atoms with E-state index >= 15 is 0 Å². The number of thiophene rings is 1. The van der Waals surface area contributed by atoms with Gasteiger partial charge in [-0.3, -0.25) is 4.79 Å². The quantitative estimate of drug-likeness (QED) is 0.481. The summed E-state index contributed by atoms with van der Waals surface area (Å²) in [6.45, 7) is 2.02. The number of carbonyl (C=O) groups is 2. The van der Waals surface area contributed by atoms with Crippen molar-refractivity contribution in [2.75, 3.05) is 17.7 Å². The molecule has 0 aliphatic carbocycles. The maximum absolute atomic E-state index is 12.4. The van der Waals surface area contributed by atoms with Crippen LogP contribution in [0.15, 0.2) is 47.9 Å². The predicted octanol–water partition coefficient (Wildman–Crippen LogP) is 3.45. The van der Waals surface area contributed by atoms with E-state index in [2.05, 4.69) is 15.5 Å². The molecule has 0 unspecified atom stereocenters. The van der Waals surface area contributed by atoms with Crippen LogP contribution in [0.2, 0.25) is 0 Å². The molecule has 2 aromatic heterocycles. The summed E-state index contributed by atoms with van der Waals surface area (Å²) >= 11 is 2.57. The van der Waals surface area contributed by atoms with Gasteiger partial charge in [0.2, 0.25) is 5.91 Å². The average Bonchev–Trinajstić information content (AvgIpc) is 3.27. The molecular formula is C18H18N4O3S2. The number of nitrogens with one attached hydrogen (secondary N) is 1. The number of rotatable bonds is 7. The van der Waals surface area contributed by atoms with Crippen LogP contribution in [-0.4, -0.2) is 39.0 Å². The van der Waals surface area contributed by atoms with Gasteiger partial charge in [0.15, 0.2) is 5.16 Å². The number of hydrogen-bond acceptors (Lipinski definition) is 7. The van der Waals surface area contributed by atoms with Gasteiger partial charge in [0.25, 0.3) is 0 Å². The van der Waals surface area contributed by atoms with E-state index in [-0.39, 0.29) is 18.3 Å². The molecule has 7 nitrogen and oxygen atoms in total. The molecule has 27 heavy (non-hydrogen) atoms. The lowest BCUT2D eigenvalue weighted by molar-refractivity contribution is -0.113. The van der Waals surface area contributed by atoms with Crippen LogP contribution in [0.1, 0.15) is 16.6 Å². The van der Waals surface area contributed by atoms with E-state index in [1.807, 2.05) is 37.4 Å². The van der Waals surface area contributed by atoms with Gasteiger partial charge >= 0.3 is 5.97 Å². The summed E-state index contributed by atoms with van der Waals surface area (Å²) in [7, 11) is 1.81. The van der Waals surface area contributed by atoms with Crippen LogP contribution in [0.25, 0.3) is 10.4 Å². The zero-order valence-electron chi connectivity index (χ0n) is 14.8. The Morgan fingerprint density at radius 1 is 1.30 bits per heavy atom. The Bertz CT molecular complexity index is 937. The highest BCUT2D eigenvalue weighted by atomic mass is 32.2. The number of thioether (sulfide) groups is 1. The zero-order chi connectivity index (χ0) is 19.2.